The summed E-state index contributed by atoms with van der Waals surface area (Å²) in [7, 11) is 0. The van der Waals surface area contributed by atoms with Gasteiger partial charge in [0.25, 0.3) is 0 Å². The van der Waals surface area contributed by atoms with E-state index in [9.17, 15) is 9.59 Å². The molecule has 0 bridgehead atoms. The third kappa shape index (κ3) is 9.31. The molecule has 4 aromatic rings. The zero-order chi connectivity index (χ0) is 29.0. The normalized spacial score (nSPS) is 12.3. The number of hydrogen-bond acceptors (Lipinski definition) is 7. The van der Waals surface area contributed by atoms with Gasteiger partial charge in [0.15, 0.2) is 5.13 Å². The average molecular weight is 593 g/mol. The number of hydrogen-bond donors (Lipinski definition) is 5. The van der Waals surface area contributed by atoms with Crippen LogP contribution in [0.5, 0.6) is 0 Å². The smallest absolute Gasteiger partial charge is 0.303 e. The fourth-order valence-corrected chi connectivity index (χ4v) is 5.36. The van der Waals surface area contributed by atoms with Gasteiger partial charge in [0, 0.05) is 24.0 Å². The Balaban J connectivity index is 0.000000426. The van der Waals surface area contributed by atoms with Crippen LogP contribution < -0.4 is 16.0 Å². The minimum Gasteiger partial charge on any atom is -0.481 e. The van der Waals surface area contributed by atoms with E-state index in [1.54, 1.807) is 11.3 Å². The Bertz CT molecular complexity index is 1430. The van der Waals surface area contributed by atoms with Gasteiger partial charge in [-0.05, 0) is 54.3 Å². The first kappa shape index (κ1) is 30.0. The summed E-state index contributed by atoms with van der Waals surface area (Å²) in [4.78, 5) is 24.0. The van der Waals surface area contributed by atoms with Gasteiger partial charge in [-0.25, -0.2) is 4.98 Å². The van der Waals surface area contributed by atoms with Crippen molar-refractivity contribution in [2.24, 2.45) is 0 Å². The van der Waals surface area contributed by atoms with Crippen molar-refractivity contribution >= 4 is 45.7 Å². The Morgan fingerprint density at radius 2 is 1.51 bits per heavy atom. The van der Waals surface area contributed by atoms with Gasteiger partial charge in [-0.2, -0.15) is 0 Å². The molecular formula is C31H33ClN4O4S. The van der Waals surface area contributed by atoms with E-state index >= 15 is 0 Å². The van der Waals surface area contributed by atoms with Crippen molar-refractivity contribution in [3.8, 4) is 11.3 Å². The standard InChI is InChI=1S/C27H27ClN4S.C4H6O4/c28-24-11-10-21-12-14-29-15-13-23(21)26(24)30-16-20-6-8-22(9-7-20)25-18-33-27(32-25)31-17-19-4-2-1-3-5-19;5-3(6)1-2-4(7)8/h1-11,18,29-30H,12-17H2,(H,31,32);1-2H2,(H,5,6)(H,7,8). The number of carboxylic acids is 2. The number of nitrogens with one attached hydrogen (secondary N) is 3. The molecular weight excluding hydrogens is 560 g/mol. The van der Waals surface area contributed by atoms with Crippen molar-refractivity contribution in [1.29, 1.82) is 0 Å². The number of fused-ring (bicyclic) bond motifs is 1. The molecule has 41 heavy (non-hydrogen) atoms. The summed E-state index contributed by atoms with van der Waals surface area (Å²) >= 11 is 8.19. The summed E-state index contributed by atoms with van der Waals surface area (Å²) in [5.74, 6) is -2.15. The third-order valence-electron chi connectivity index (χ3n) is 6.54. The van der Waals surface area contributed by atoms with Crippen LogP contribution in [0.25, 0.3) is 11.3 Å². The lowest BCUT2D eigenvalue weighted by Gasteiger charge is -2.16. The highest BCUT2D eigenvalue weighted by molar-refractivity contribution is 7.14. The van der Waals surface area contributed by atoms with Crippen LogP contribution in [0, 0.1) is 0 Å². The Morgan fingerprint density at radius 3 is 2.22 bits per heavy atom. The lowest BCUT2D eigenvalue weighted by molar-refractivity contribution is -0.143. The van der Waals surface area contributed by atoms with E-state index in [1.807, 2.05) is 12.1 Å². The topological polar surface area (TPSA) is 124 Å². The van der Waals surface area contributed by atoms with E-state index in [-0.39, 0.29) is 12.8 Å². The fourth-order valence-electron chi connectivity index (χ4n) is 4.39. The molecule has 8 nitrogen and oxygen atoms in total. The van der Waals surface area contributed by atoms with Crippen molar-refractivity contribution in [1.82, 2.24) is 10.3 Å². The van der Waals surface area contributed by atoms with Crippen LogP contribution in [0.15, 0.2) is 72.1 Å². The van der Waals surface area contributed by atoms with Crippen LogP contribution in [0.1, 0.15) is 35.1 Å². The molecule has 5 rings (SSSR count). The Labute approximate surface area is 248 Å². The van der Waals surface area contributed by atoms with Crippen LogP contribution in [0.2, 0.25) is 5.02 Å². The van der Waals surface area contributed by atoms with E-state index in [1.165, 1.54) is 22.3 Å². The van der Waals surface area contributed by atoms with Gasteiger partial charge in [0.05, 0.1) is 29.2 Å². The Morgan fingerprint density at radius 1 is 0.854 bits per heavy atom. The second kappa shape index (κ2) is 15.2. The number of carbonyl (C=O) groups is 2. The summed E-state index contributed by atoms with van der Waals surface area (Å²) in [6.45, 7) is 3.53. The van der Waals surface area contributed by atoms with Crippen LogP contribution >= 0.6 is 22.9 Å². The summed E-state index contributed by atoms with van der Waals surface area (Å²) in [6, 6.07) is 23.2. The first-order chi connectivity index (χ1) is 19.9. The predicted molar refractivity (Wildman–Crippen MR) is 165 cm³/mol. The number of anilines is 2. The second-order valence-corrected chi connectivity index (χ2v) is 10.8. The highest BCUT2D eigenvalue weighted by Gasteiger charge is 2.15. The van der Waals surface area contributed by atoms with Gasteiger partial charge in [-0.1, -0.05) is 72.3 Å². The molecule has 214 valence electrons. The summed E-state index contributed by atoms with van der Waals surface area (Å²) in [5.41, 5.74) is 8.41. The number of carboxylic acid groups (broad SMARTS) is 2. The molecule has 0 amide bonds. The summed E-state index contributed by atoms with van der Waals surface area (Å²) in [6.07, 6.45) is 1.46. The van der Waals surface area contributed by atoms with Crippen LogP contribution in [-0.4, -0.2) is 40.2 Å². The molecule has 0 saturated heterocycles. The Kier molecular flexibility index (Phi) is 11.1. The monoisotopic (exact) mass is 592 g/mol. The Hall–Kier alpha value is -3.92. The lowest BCUT2D eigenvalue weighted by atomic mass is 10.0. The van der Waals surface area contributed by atoms with E-state index in [0.29, 0.717) is 0 Å². The van der Waals surface area contributed by atoms with Crippen molar-refractivity contribution in [2.75, 3.05) is 23.7 Å². The van der Waals surface area contributed by atoms with E-state index < -0.39 is 11.9 Å². The highest BCUT2D eigenvalue weighted by atomic mass is 35.5. The number of thiazole rings is 1. The SMILES string of the molecule is Clc1ccc2c(c1NCc1ccc(-c3csc(NCc4ccccc4)n3)cc1)CCNCC2.O=C(O)CCC(=O)O. The average Bonchev–Trinajstić information content (AvgIpc) is 3.33. The first-order valence-corrected chi connectivity index (χ1v) is 14.7. The summed E-state index contributed by atoms with van der Waals surface area (Å²) in [5, 5.41) is 30.1. The molecule has 1 aliphatic heterocycles. The molecule has 0 unspecified atom stereocenters. The van der Waals surface area contributed by atoms with Crippen molar-refractivity contribution in [2.45, 2.75) is 38.8 Å². The zero-order valence-corrected chi connectivity index (χ0v) is 24.1. The van der Waals surface area contributed by atoms with Crippen molar-refractivity contribution in [3.63, 3.8) is 0 Å². The molecule has 0 spiro atoms. The third-order valence-corrected chi connectivity index (χ3v) is 7.66. The number of nitrogens with zero attached hydrogens (tertiary/aromatic N) is 1. The highest BCUT2D eigenvalue weighted by Crippen LogP contribution is 2.31. The van der Waals surface area contributed by atoms with Crippen LogP contribution in [0.4, 0.5) is 10.8 Å². The fraction of sp³-hybridized carbons (Fsp3) is 0.258. The number of benzene rings is 3. The predicted octanol–water partition coefficient (Wildman–Crippen LogP) is 6.31. The van der Waals surface area contributed by atoms with Crippen LogP contribution in [-0.2, 0) is 35.5 Å². The second-order valence-electron chi connectivity index (χ2n) is 9.53. The molecule has 1 aromatic heterocycles. The number of rotatable bonds is 10. The molecule has 3 aromatic carbocycles. The largest absolute Gasteiger partial charge is 0.481 e. The number of aromatic nitrogens is 1. The summed E-state index contributed by atoms with van der Waals surface area (Å²) < 4.78 is 0. The molecule has 0 fully saturated rings. The van der Waals surface area contributed by atoms with Gasteiger partial charge >= 0.3 is 11.9 Å². The lowest BCUT2D eigenvalue weighted by Crippen LogP contribution is -2.16. The maximum atomic E-state index is 9.64. The molecule has 10 heteroatoms. The van der Waals surface area contributed by atoms with E-state index in [2.05, 4.69) is 75.9 Å². The van der Waals surface area contributed by atoms with Gasteiger partial charge in [-0.3, -0.25) is 9.59 Å². The molecule has 1 aliphatic rings. The molecule has 0 radical (unpaired) electrons. The molecule has 2 heterocycles. The van der Waals surface area contributed by atoms with Gasteiger partial charge < -0.3 is 26.2 Å². The maximum Gasteiger partial charge on any atom is 0.303 e. The van der Waals surface area contributed by atoms with Crippen molar-refractivity contribution in [3.05, 3.63) is 99.4 Å². The quantitative estimate of drug-likeness (QED) is 0.145. The molecule has 0 aliphatic carbocycles. The van der Waals surface area contributed by atoms with E-state index in [0.717, 1.165) is 66.1 Å². The van der Waals surface area contributed by atoms with Gasteiger partial charge in [-0.15, -0.1) is 11.3 Å². The van der Waals surface area contributed by atoms with Crippen LogP contribution in [0.3, 0.4) is 0 Å². The van der Waals surface area contributed by atoms with Crippen molar-refractivity contribution < 1.29 is 19.8 Å². The minimum absolute atomic E-state index is 0.296. The van der Waals surface area contributed by atoms with E-state index in [4.69, 9.17) is 26.8 Å². The molecule has 0 saturated carbocycles. The number of aliphatic carboxylic acids is 2. The number of halogens is 1. The maximum absolute atomic E-state index is 9.64. The van der Waals surface area contributed by atoms with Gasteiger partial charge in [0.2, 0.25) is 0 Å². The van der Waals surface area contributed by atoms with Gasteiger partial charge in [0.1, 0.15) is 0 Å². The molecule has 0 atom stereocenters. The molecule has 5 N–H and O–H groups in total. The first-order valence-electron chi connectivity index (χ1n) is 13.4. The zero-order valence-electron chi connectivity index (χ0n) is 22.5. The minimum atomic E-state index is -1.08.